The number of nitrogens with zero attached hydrogens (tertiary/aromatic N) is 2. The van der Waals surface area contributed by atoms with Crippen LogP contribution in [0.2, 0.25) is 0 Å². The lowest BCUT2D eigenvalue weighted by atomic mass is 10.1. The fourth-order valence-corrected chi connectivity index (χ4v) is 2.07. The lowest BCUT2D eigenvalue weighted by Crippen LogP contribution is -2.12. The monoisotopic (exact) mass is 279 g/mol. The largest absolute Gasteiger partial charge is 0.493 e. The van der Waals surface area contributed by atoms with Crippen LogP contribution in [0.1, 0.15) is 5.56 Å². The van der Waals surface area contributed by atoms with Crippen LogP contribution in [0.15, 0.2) is 53.5 Å². The highest BCUT2D eigenvalue weighted by Gasteiger charge is 2.14. The SMILES string of the molecule is Cc1ccc(-c2c(O)nc(-c3ccccn3)[nH]c2=O)cc1. The third-order valence-corrected chi connectivity index (χ3v) is 3.15. The maximum atomic E-state index is 12.2. The van der Waals surface area contributed by atoms with Gasteiger partial charge in [-0.3, -0.25) is 9.78 Å². The summed E-state index contributed by atoms with van der Waals surface area (Å²) in [7, 11) is 0. The molecule has 0 spiro atoms. The number of hydrogen-bond donors (Lipinski definition) is 2. The Morgan fingerprint density at radius 1 is 1.10 bits per heavy atom. The molecule has 0 fully saturated rings. The summed E-state index contributed by atoms with van der Waals surface area (Å²) in [6.45, 7) is 1.95. The zero-order valence-corrected chi connectivity index (χ0v) is 11.4. The van der Waals surface area contributed by atoms with Crippen molar-refractivity contribution in [2.45, 2.75) is 6.92 Å². The number of H-pyrrole nitrogens is 1. The second-order valence-corrected chi connectivity index (χ2v) is 4.69. The molecule has 0 amide bonds. The van der Waals surface area contributed by atoms with Gasteiger partial charge in [0.15, 0.2) is 5.82 Å². The number of aryl methyl sites for hydroxylation is 1. The van der Waals surface area contributed by atoms with E-state index in [1.165, 1.54) is 0 Å². The van der Waals surface area contributed by atoms with Gasteiger partial charge in [0.05, 0.1) is 0 Å². The van der Waals surface area contributed by atoms with Gasteiger partial charge in [0.2, 0.25) is 5.88 Å². The molecule has 0 bridgehead atoms. The summed E-state index contributed by atoms with van der Waals surface area (Å²) in [5.41, 5.74) is 1.97. The molecule has 2 N–H and O–H groups in total. The van der Waals surface area contributed by atoms with E-state index in [0.29, 0.717) is 11.3 Å². The van der Waals surface area contributed by atoms with Crippen LogP contribution in [-0.2, 0) is 0 Å². The Morgan fingerprint density at radius 3 is 2.48 bits per heavy atom. The van der Waals surface area contributed by atoms with Crippen molar-refractivity contribution in [3.8, 4) is 28.5 Å². The van der Waals surface area contributed by atoms with Gasteiger partial charge in [-0.2, -0.15) is 4.98 Å². The van der Waals surface area contributed by atoms with Crippen molar-refractivity contribution in [3.05, 3.63) is 64.6 Å². The van der Waals surface area contributed by atoms with Gasteiger partial charge >= 0.3 is 0 Å². The van der Waals surface area contributed by atoms with Crippen molar-refractivity contribution in [1.29, 1.82) is 0 Å². The Kier molecular flexibility index (Phi) is 3.23. The minimum Gasteiger partial charge on any atom is -0.493 e. The molecule has 0 aliphatic heterocycles. The van der Waals surface area contributed by atoms with Crippen molar-refractivity contribution in [3.63, 3.8) is 0 Å². The number of benzene rings is 1. The van der Waals surface area contributed by atoms with E-state index in [1.807, 2.05) is 19.1 Å². The average Bonchev–Trinajstić information content (AvgIpc) is 2.49. The lowest BCUT2D eigenvalue weighted by molar-refractivity contribution is 0.454. The zero-order chi connectivity index (χ0) is 14.8. The van der Waals surface area contributed by atoms with Crippen LogP contribution in [0.5, 0.6) is 5.88 Å². The molecule has 0 atom stereocenters. The van der Waals surface area contributed by atoms with Gasteiger partial charge in [-0.15, -0.1) is 0 Å². The van der Waals surface area contributed by atoms with Gasteiger partial charge in [-0.1, -0.05) is 35.9 Å². The Morgan fingerprint density at radius 2 is 1.86 bits per heavy atom. The smallest absolute Gasteiger partial charge is 0.262 e. The molecule has 3 rings (SSSR count). The highest BCUT2D eigenvalue weighted by atomic mass is 16.3. The second-order valence-electron chi connectivity index (χ2n) is 4.69. The highest BCUT2D eigenvalue weighted by Crippen LogP contribution is 2.25. The minimum atomic E-state index is -0.396. The van der Waals surface area contributed by atoms with Crippen LogP contribution >= 0.6 is 0 Å². The van der Waals surface area contributed by atoms with E-state index in [0.717, 1.165) is 5.56 Å². The molecule has 0 aliphatic rings. The number of nitrogens with one attached hydrogen (secondary N) is 1. The Hall–Kier alpha value is -2.95. The molecule has 0 radical (unpaired) electrons. The summed E-state index contributed by atoms with van der Waals surface area (Å²) >= 11 is 0. The van der Waals surface area contributed by atoms with Crippen LogP contribution < -0.4 is 5.56 Å². The third-order valence-electron chi connectivity index (χ3n) is 3.15. The topological polar surface area (TPSA) is 78.9 Å². The van der Waals surface area contributed by atoms with E-state index in [4.69, 9.17) is 0 Å². The van der Waals surface area contributed by atoms with E-state index in [9.17, 15) is 9.90 Å². The normalized spacial score (nSPS) is 10.5. The molecule has 2 heterocycles. The average molecular weight is 279 g/mol. The number of aromatic hydroxyl groups is 1. The molecule has 0 saturated carbocycles. The van der Waals surface area contributed by atoms with Gasteiger partial charge in [0.25, 0.3) is 5.56 Å². The zero-order valence-electron chi connectivity index (χ0n) is 11.4. The van der Waals surface area contributed by atoms with Crippen molar-refractivity contribution in [1.82, 2.24) is 15.0 Å². The lowest BCUT2D eigenvalue weighted by Gasteiger charge is -2.06. The predicted molar refractivity (Wildman–Crippen MR) is 79.9 cm³/mol. The molecule has 2 aromatic heterocycles. The number of hydrogen-bond acceptors (Lipinski definition) is 4. The summed E-state index contributed by atoms with van der Waals surface area (Å²) in [5, 5.41) is 10.1. The minimum absolute atomic E-state index is 0.162. The van der Waals surface area contributed by atoms with E-state index in [2.05, 4.69) is 15.0 Å². The highest BCUT2D eigenvalue weighted by molar-refractivity contribution is 5.68. The van der Waals surface area contributed by atoms with Crippen molar-refractivity contribution >= 4 is 0 Å². The fourth-order valence-electron chi connectivity index (χ4n) is 2.07. The summed E-state index contributed by atoms with van der Waals surface area (Å²) in [6.07, 6.45) is 1.60. The van der Waals surface area contributed by atoms with Gasteiger partial charge < -0.3 is 10.1 Å². The Bertz CT molecular complexity index is 824. The Balaban J connectivity index is 2.13. The summed E-state index contributed by atoms with van der Waals surface area (Å²) in [6, 6.07) is 12.6. The first kappa shape index (κ1) is 13.1. The standard InChI is InChI=1S/C16H13N3O2/c1-10-5-7-11(8-6-10)13-15(20)18-14(19-16(13)21)12-4-2-3-9-17-12/h2-9H,1H3,(H2,18,19,20,21). The molecular weight excluding hydrogens is 266 g/mol. The molecule has 3 aromatic rings. The fraction of sp³-hybridized carbons (Fsp3) is 0.0625. The molecule has 1 aromatic carbocycles. The van der Waals surface area contributed by atoms with Gasteiger partial charge in [-0.25, -0.2) is 0 Å². The van der Waals surface area contributed by atoms with Crippen LogP contribution in [0.25, 0.3) is 22.6 Å². The first-order valence-corrected chi connectivity index (χ1v) is 6.47. The maximum absolute atomic E-state index is 12.2. The number of aromatic amines is 1. The molecular formula is C16H13N3O2. The van der Waals surface area contributed by atoms with Crippen molar-refractivity contribution in [2.75, 3.05) is 0 Å². The molecule has 21 heavy (non-hydrogen) atoms. The van der Waals surface area contributed by atoms with Crippen molar-refractivity contribution in [2.24, 2.45) is 0 Å². The number of rotatable bonds is 2. The molecule has 5 heteroatoms. The molecule has 0 unspecified atom stereocenters. The van der Waals surface area contributed by atoms with Gasteiger partial charge in [0, 0.05) is 6.20 Å². The molecule has 5 nitrogen and oxygen atoms in total. The molecule has 0 saturated heterocycles. The number of pyridine rings is 1. The molecule has 104 valence electrons. The number of aromatic nitrogens is 3. The maximum Gasteiger partial charge on any atom is 0.262 e. The summed E-state index contributed by atoms with van der Waals surface area (Å²) in [4.78, 5) is 23.0. The van der Waals surface area contributed by atoms with Crippen LogP contribution in [0.4, 0.5) is 0 Å². The van der Waals surface area contributed by atoms with Crippen LogP contribution in [0.3, 0.4) is 0 Å². The molecule has 0 aliphatic carbocycles. The van der Waals surface area contributed by atoms with E-state index in [1.54, 1.807) is 36.5 Å². The van der Waals surface area contributed by atoms with E-state index in [-0.39, 0.29) is 17.3 Å². The van der Waals surface area contributed by atoms with Crippen molar-refractivity contribution < 1.29 is 5.11 Å². The van der Waals surface area contributed by atoms with Gasteiger partial charge in [-0.05, 0) is 24.6 Å². The summed E-state index contributed by atoms with van der Waals surface area (Å²) in [5.74, 6) is -0.0581. The first-order chi connectivity index (χ1) is 10.1. The predicted octanol–water partition coefficient (Wildman–Crippen LogP) is 2.51. The Labute approximate surface area is 121 Å². The van der Waals surface area contributed by atoms with E-state index < -0.39 is 5.56 Å². The van der Waals surface area contributed by atoms with E-state index >= 15 is 0 Å². The van der Waals surface area contributed by atoms with Crippen LogP contribution in [-0.4, -0.2) is 20.1 Å². The summed E-state index contributed by atoms with van der Waals surface area (Å²) < 4.78 is 0. The third kappa shape index (κ3) is 2.53. The first-order valence-electron chi connectivity index (χ1n) is 6.47. The van der Waals surface area contributed by atoms with Crippen LogP contribution in [0, 0.1) is 6.92 Å². The second kappa shape index (κ2) is 5.20. The quantitative estimate of drug-likeness (QED) is 0.755. The van der Waals surface area contributed by atoms with Gasteiger partial charge in [0.1, 0.15) is 11.3 Å².